The van der Waals surface area contributed by atoms with E-state index in [1.54, 1.807) is 13.8 Å². The van der Waals surface area contributed by atoms with E-state index in [0.717, 1.165) is 11.1 Å². The van der Waals surface area contributed by atoms with Gasteiger partial charge in [0.25, 0.3) is 0 Å². The number of hydrogen-bond acceptors (Lipinski definition) is 5. The molecule has 5 nitrogen and oxygen atoms in total. The SMILES string of the molecule is Cc1ccc(OCc2noc(C)n2)c([C@@H](C)O)c1. The Morgan fingerprint density at radius 1 is 1.39 bits per heavy atom. The van der Waals surface area contributed by atoms with Gasteiger partial charge in [0.2, 0.25) is 11.7 Å². The summed E-state index contributed by atoms with van der Waals surface area (Å²) in [5, 5.41) is 13.4. The van der Waals surface area contributed by atoms with Gasteiger partial charge < -0.3 is 14.4 Å². The fraction of sp³-hybridized carbons (Fsp3) is 0.385. The van der Waals surface area contributed by atoms with Crippen molar-refractivity contribution in [3.05, 3.63) is 41.0 Å². The van der Waals surface area contributed by atoms with Gasteiger partial charge in [0, 0.05) is 12.5 Å². The van der Waals surface area contributed by atoms with Crippen LogP contribution in [0.25, 0.3) is 0 Å². The molecule has 0 radical (unpaired) electrons. The van der Waals surface area contributed by atoms with Crippen LogP contribution >= 0.6 is 0 Å². The number of nitrogens with zero attached hydrogens (tertiary/aromatic N) is 2. The third-order valence-electron chi connectivity index (χ3n) is 2.54. The van der Waals surface area contributed by atoms with E-state index in [-0.39, 0.29) is 6.61 Å². The molecule has 0 saturated heterocycles. The van der Waals surface area contributed by atoms with Crippen LogP contribution in [0.15, 0.2) is 22.7 Å². The Morgan fingerprint density at radius 2 is 2.17 bits per heavy atom. The van der Waals surface area contributed by atoms with Crippen LogP contribution in [0.5, 0.6) is 5.75 Å². The number of hydrogen-bond donors (Lipinski definition) is 1. The van der Waals surface area contributed by atoms with Crippen molar-refractivity contribution in [2.24, 2.45) is 0 Å². The van der Waals surface area contributed by atoms with Crippen LogP contribution in [0.3, 0.4) is 0 Å². The molecule has 0 aliphatic rings. The molecule has 2 rings (SSSR count). The second kappa shape index (κ2) is 5.18. The predicted octanol–water partition coefficient (Wildman–Crippen LogP) is 2.32. The highest BCUT2D eigenvalue weighted by Gasteiger charge is 2.11. The second-order valence-electron chi connectivity index (χ2n) is 4.24. The molecule has 1 N–H and O–H groups in total. The molecule has 2 aromatic rings. The van der Waals surface area contributed by atoms with Crippen molar-refractivity contribution >= 4 is 0 Å². The minimum Gasteiger partial charge on any atom is -0.485 e. The Labute approximate surface area is 105 Å². The molecule has 0 amide bonds. The van der Waals surface area contributed by atoms with Gasteiger partial charge in [0.05, 0.1) is 6.10 Å². The van der Waals surface area contributed by atoms with E-state index in [2.05, 4.69) is 10.1 Å². The molecule has 0 aliphatic heterocycles. The number of rotatable bonds is 4. The van der Waals surface area contributed by atoms with Crippen LogP contribution in [0.4, 0.5) is 0 Å². The lowest BCUT2D eigenvalue weighted by Crippen LogP contribution is -2.02. The van der Waals surface area contributed by atoms with Crippen molar-refractivity contribution in [2.75, 3.05) is 0 Å². The zero-order valence-corrected chi connectivity index (χ0v) is 10.7. The van der Waals surface area contributed by atoms with Gasteiger partial charge >= 0.3 is 0 Å². The third-order valence-corrected chi connectivity index (χ3v) is 2.54. The number of aliphatic hydroxyl groups is 1. The first kappa shape index (κ1) is 12.6. The van der Waals surface area contributed by atoms with Crippen molar-refractivity contribution in [1.29, 1.82) is 0 Å². The van der Waals surface area contributed by atoms with Gasteiger partial charge in [0.1, 0.15) is 5.75 Å². The molecule has 1 aromatic heterocycles. The molecular formula is C13H16N2O3. The Bertz CT molecular complexity index is 535. The Hall–Kier alpha value is -1.88. The van der Waals surface area contributed by atoms with Gasteiger partial charge in [0.15, 0.2) is 6.61 Å². The smallest absolute Gasteiger partial charge is 0.223 e. The Morgan fingerprint density at radius 3 is 2.78 bits per heavy atom. The average molecular weight is 248 g/mol. The van der Waals surface area contributed by atoms with Gasteiger partial charge in [-0.3, -0.25) is 0 Å². The molecular weight excluding hydrogens is 232 g/mol. The molecule has 0 unspecified atom stereocenters. The van der Waals surface area contributed by atoms with Crippen molar-refractivity contribution < 1.29 is 14.4 Å². The molecule has 96 valence electrons. The summed E-state index contributed by atoms with van der Waals surface area (Å²) in [4.78, 5) is 4.05. The lowest BCUT2D eigenvalue weighted by molar-refractivity contribution is 0.189. The van der Waals surface area contributed by atoms with E-state index >= 15 is 0 Å². The van der Waals surface area contributed by atoms with E-state index < -0.39 is 6.10 Å². The maximum Gasteiger partial charge on any atom is 0.223 e. The Kier molecular flexibility index (Phi) is 3.62. The number of aromatic nitrogens is 2. The van der Waals surface area contributed by atoms with Crippen LogP contribution in [-0.2, 0) is 6.61 Å². The predicted molar refractivity (Wildman–Crippen MR) is 65.2 cm³/mol. The van der Waals surface area contributed by atoms with E-state index in [9.17, 15) is 5.11 Å². The van der Waals surface area contributed by atoms with Gasteiger partial charge in [-0.15, -0.1) is 0 Å². The first-order valence-corrected chi connectivity index (χ1v) is 5.77. The minimum atomic E-state index is -0.577. The highest BCUT2D eigenvalue weighted by molar-refractivity contribution is 5.38. The van der Waals surface area contributed by atoms with Crippen LogP contribution in [0.2, 0.25) is 0 Å². The molecule has 0 fully saturated rings. The standard InChI is InChI=1S/C13H16N2O3/c1-8-4-5-12(11(6-8)9(2)16)17-7-13-14-10(3)18-15-13/h4-6,9,16H,7H2,1-3H3/t9-/m1/s1. The van der Waals surface area contributed by atoms with E-state index in [0.29, 0.717) is 17.5 Å². The van der Waals surface area contributed by atoms with Crippen molar-refractivity contribution in [3.63, 3.8) is 0 Å². The minimum absolute atomic E-state index is 0.222. The summed E-state index contributed by atoms with van der Waals surface area (Å²) in [6.07, 6.45) is -0.577. The fourth-order valence-corrected chi connectivity index (χ4v) is 1.67. The molecule has 0 saturated carbocycles. The fourth-order valence-electron chi connectivity index (χ4n) is 1.67. The summed E-state index contributed by atoms with van der Waals surface area (Å²) in [6, 6.07) is 5.68. The van der Waals surface area contributed by atoms with Crippen molar-refractivity contribution in [1.82, 2.24) is 10.1 Å². The molecule has 1 aromatic carbocycles. The maximum atomic E-state index is 9.70. The van der Waals surface area contributed by atoms with Crippen LogP contribution in [0, 0.1) is 13.8 Å². The molecule has 0 spiro atoms. The molecule has 1 atom stereocenters. The van der Waals surface area contributed by atoms with Crippen LogP contribution in [-0.4, -0.2) is 15.2 Å². The normalized spacial score (nSPS) is 12.4. The van der Waals surface area contributed by atoms with Gasteiger partial charge in [-0.1, -0.05) is 16.8 Å². The summed E-state index contributed by atoms with van der Waals surface area (Å²) < 4.78 is 10.5. The first-order chi connectivity index (χ1) is 8.56. The number of ether oxygens (including phenoxy) is 1. The third kappa shape index (κ3) is 2.87. The average Bonchev–Trinajstić information content (AvgIpc) is 2.73. The Balaban J connectivity index is 2.13. The summed E-state index contributed by atoms with van der Waals surface area (Å²) in [5.74, 6) is 1.64. The largest absolute Gasteiger partial charge is 0.485 e. The number of aliphatic hydroxyl groups excluding tert-OH is 1. The van der Waals surface area contributed by atoms with Gasteiger partial charge in [-0.2, -0.15) is 4.98 Å². The highest BCUT2D eigenvalue weighted by Crippen LogP contribution is 2.26. The topological polar surface area (TPSA) is 68.4 Å². The van der Waals surface area contributed by atoms with Gasteiger partial charge in [-0.25, -0.2) is 0 Å². The lowest BCUT2D eigenvalue weighted by Gasteiger charge is -2.13. The molecule has 1 heterocycles. The summed E-state index contributed by atoms with van der Waals surface area (Å²) in [6.45, 7) is 5.63. The first-order valence-electron chi connectivity index (χ1n) is 5.77. The molecule has 0 bridgehead atoms. The van der Waals surface area contributed by atoms with Crippen LogP contribution < -0.4 is 4.74 Å². The summed E-state index contributed by atoms with van der Waals surface area (Å²) in [5.41, 5.74) is 1.84. The van der Waals surface area contributed by atoms with E-state index in [1.165, 1.54) is 0 Å². The van der Waals surface area contributed by atoms with Crippen molar-refractivity contribution in [2.45, 2.75) is 33.5 Å². The molecule has 5 heteroatoms. The van der Waals surface area contributed by atoms with Crippen molar-refractivity contribution in [3.8, 4) is 5.75 Å². The number of aryl methyl sites for hydroxylation is 2. The van der Waals surface area contributed by atoms with E-state index in [1.807, 2.05) is 25.1 Å². The lowest BCUT2D eigenvalue weighted by atomic mass is 10.1. The zero-order valence-electron chi connectivity index (χ0n) is 10.7. The van der Waals surface area contributed by atoms with Gasteiger partial charge in [-0.05, 0) is 26.0 Å². The highest BCUT2D eigenvalue weighted by atomic mass is 16.5. The monoisotopic (exact) mass is 248 g/mol. The number of benzene rings is 1. The zero-order chi connectivity index (χ0) is 13.1. The van der Waals surface area contributed by atoms with Crippen LogP contribution in [0.1, 0.15) is 35.9 Å². The quantitative estimate of drug-likeness (QED) is 0.899. The summed E-state index contributed by atoms with van der Waals surface area (Å²) >= 11 is 0. The summed E-state index contributed by atoms with van der Waals surface area (Å²) in [7, 11) is 0. The van der Waals surface area contributed by atoms with E-state index in [4.69, 9.17) is 9.26 Å². The molecule has 18 heavy (non-hydrogen) atoms. The second-order valence-corrected chi connectivity index (χ2v) is 4.24. The maximum absolute atomic E-state index is 9.70. The molecule has 0 aliphatic carbocycles.